The molecule has 0 atom stereocenters. The second-order valence-corrected chi connectivity index (χ2v) is 8.07. The largest absolute Gasteiger partial charge is 0.455 e. The summed E-state index contributed by atoms with van der Waals surface area (Å²) < 4.78 is 6.42. The zero-order valence-electron chi connectivity index (χ0n) is 17.5. The third kappa shape index (κ3) is 3.21. The first kappa shape index (κ1) is 18.7. The van der Waals surface area contributed by atoms with Crippen molar-refractivity contribution < 1.29 is 4.42 Å². The molecule has 6 aromatic rings. The van der Waals surface area contributed by atoms with Gasteiger partial charge in [0.1, 0.15) is 19.0 Å². The summed E-state index contributed by atoms with van der Waals surface area (Å²) in [6.45, 7) is 0. The Labute approximate surface area is 188 Å². The number of rotatable bonds is 3. The van der Waals surface area contributed by atoms with Gasteiger partial charge in [-0.05, 0) is 52.1 Å². The van der Waals surface area contributed by atoms with Crippen LogP contribution in [0.25, 0.3) is 55.3 Å². The summed E-state index contributed by atoms with van der Waals surface area (Å²) in [5.41, 5.74) is 9.31. The molecule has 0 fully saturated rings. The Morgan fingerprint density at radius 1 is 0.469 bits per heavy atom. The second-order valence-electron chi connectivity index (χ2n) is 8.07. The van der Waals surface area contributed by atoms with E-state index >= 15 is 0 Å². The topological polar surface area (TPSA) is 13.1 Å². The van der Waals surface area contributed by atoms with Gasteiger partial charge < -0.3 is 4.42 Å². The van der Waals surface area contributed by atoms with E-state index in [0.717, 1.165) is 44.1 Å². The molecule has 0 N–H and O–H groups in total. The average molecular weight is 406 g/mol. The molecule has 0 amide bonds. The van der Waals surface area contributed by atoms with Crippen LogP contribution in [0, 0.1) is 0 Å². The van der Waals surface area contributed by atoms with Gasteiger partial charge in [-0.1, -0.05) is 96.5 Å². The molecule has 2 radical (unpaired) electrons. The average Bonchev–Trinajstić information content (AvgIpc) is 3.22. The highest BCUT2D eigenvalue weighted by Crippen LogP contribution is 2.40. The van der Waals surface area contributed by atoms with Crippen molar-refractivity contribution in [1.29, 1.82) is 0 Å². The van der Waals surface area contributed by atoms with Gasteiger partial charge in [0, 0.05) is 16.3 Å². The van der Waals surface area contributed by atoms with Crippen LogP contribution in [0.1, 0.15) is 0 Å². The van der Waals surface area contributed by atoms with E-state index in [2.05, 4.69) is 84.9 Å². The van der Waals surface area contributed by atoms with Gasteiger partial charge in [-0.3, -0.25) is 0 Å². The number of furan rings is 1. The van der Waals surface area contributed by atoms with Crippen LogP contribution in [-0.2, 0) is 0 Å². The Morgan fingerprint density at radius 3 is 1.84 bits per heavy atom. The van der Waals surface area contributed by atoms with Crippen LogP contribution in [0.2, 0.25) is 0 Å². The zero-order chi connectivity index (χ0) is 21.5. The lowest BCUT2D eigenvalue weighted by atomic mass is 9.90. The SMILES string of the molecule is [B]c1cccc(-c2cc(-c3ccccc3)cc3c2oc2ccc(-c4ccccc4)cc23)c1. The van der Waals surface area contributed by atoms with E-state index in [1.807, 2.05) is 30.3 Å². The molecule has 0 bridgehead atoms. The lowest BCUT2D eigenvalue weighted by molar-refractivity contribution is 0.670. The van der Waals surface area contributed by atoms with Gasteiger partial charge in [-0.15, -0.1) is 0 Å². The predicted octanol–water partition coefficient (Wildman–Crippen LogP) is 7.38. The highest BCUT2D eigenvalue weighted by atomic mass is 16.3. The summed E-state index contributed by atoms with van der Waals surface area (Å²) in [4.78, 5) is 0. The summed E-state index contributed by atoms with van der Waals surface area (Å²) in [6, 6.07) is 39.8. The maximum Gasteiger partial charge on any atom is 0.143 e. The minimum atomic E-state index is 0.739. The van der Waals surface area contributed by atoms with E-state index in [-0.39, 0.29) is 0 Å². The van der Waals surface area contributed by atoms with Crippen molar-refractivity contribution in [1.82, 2.24) is 0 Å². The molecule has 148 valence electrons. The molecule has 0 saturated carbocycles. The summed E-state index contributed by atoms with van der Waals surface area (Å²) >= 11 is 0. The molecule has 1 heterocycles. The molecular weight excluding hydrogens is 387 g/mol. The van der Waals surface area contributed by atoms with Gasteiger partial charge in [0.15, 0.2) is 0 Å². The van der Waals surface area contributed by atoms with E-state index < -0.39 is 0 Å². The summed E-state index contributed by atoms with van der Waals surface area (Å²) in [6.07, 6.45) is 0. The minimum Gasteiger partial charge on any atom is -0.455 e. The number of hydrogen-bond donors (Lipinski definition) is 0. The van der Waals surface area contributed by atoms with Crippen molar-refractivity contribution in [2.24, 2.45) is 0 Å². The molecule has 1 aromatic heterocycles. The Morgan fingerprint density at radius 2 is 1.12 bits per heavy atom. The molecule has 32 heavy (non-hydrogen) atoms. The van der Waals surface area contributed by atoms with E-state index in [0.29, 0.717) is 0 Å². The van der Waals surface area contributed by atoms with Crippen LogP contribution in [-0.4, -0.2) is 7.85 Å². The molecule has 6 rings (SSSR count). The van der Waals surface area contributed by atoms with E-state index in [9.17, 15) is 0 Å². The molecule has 5 aromatic carbocycles. The van der Waals surface area contributed by atoms with E-state index in [1.54, 1.807) is 0 Å². The van der Waals surface area contributed by atoms with Gasteiger partial charge in [0.25, 0.3) is 0 Å². The molecular formula is C30H19BO. The number of benzene rings is 5. The highest BCUT2D eigenvalue weighted by molar-refractivity contribution is 6.32. The van der Waals surface area contributed by atoms with Crippen LogP contribution in [0.4, 0.5) is 0 Å². The van der Waals surface area contributed by atoms with Crippen molar-refractivity contribution in [3.05, 3.63) is 115 Å². The molecule has 0 spiro atoms. The molecule has 0 saturated heterocycles. The van der Waals surface area contributed by atoms with Crippen molar-refractivity contribution in [2.75, 3.05) is 0 Å². The predicted molar refractivity (Wildman–Crippen MR) is 135 cm³/mol. The fraction of sp³-hybridized carbons (Fsp3) is 0. The van der Waals surface area contributed by atoms with Crippen LogP contribution in [0.15, 0.2) is 120 Å². The Hall–Kier alpha value is -4.04. The lowest BCUT2D eigenvalue weighted by Crippen LogP contribution is -2.00. The van der Waals surface area contributed by atoms with Crippen molar-refractivity contribution in [3.8, 4) is 33.4 Å². The second kappa shape index (κ2) is 7.58. The first-order valence-electron chi connectivity index (χ1n) is 10.7. The van der Waals surface area contributed by atoms with E-state index in [4.69, 9.17) is 12.3 Å². The van der Waals surface area contributed by atoms with Crippen molar-refractivity contribution in [3.63, 3.8) is 0 Å². The fourth-order valence-corrected chi connectivity index (χ4v) is 4.41. The molecule has 2 heteroatoms. The molecule has 0 unspecified atom stereocenters. The van der Waals surface area contributed by atoms with Crippen LogP contribution < -0.4 is 5.46 Å². The van der Waals surface area contributed by atoms with Crippen LogP contribution >= 0.6 is 0 Å². The number of fused-ring (bicyclic) bond motifs is 3. The van der Waals surface area contributed by atoms with Gasteiger partial charge in [0.05, 0.1) is 0 Å². The van der Waals surface area contributed by atoms with Gasteiger partial charge in [-0.25, -0.2) is 0 Å². The Bertz CT molecular complexity index is 1560. The standard InChI is InChI=1S/C30H19BO/c31-25-13-7-12-23(16-25)26-18-24(21-10-5-2-6-11-21)19-28-27-17-22(20-8-3-1-4-9-20)14-15-29(27)32-30(26)28/h1-19H. The monoisotopic (exact) mass is 406 g/mol. The minimum absolute atomic E-state index is 0.739. The maximum absolute atomic E-state index is 6.42. The first-order valence-corrected chi connectivity index (χ1v) is 10.7. The summed E-state index contributed by atoms with van der Waals surface area (Å²) in [5.74, 6) is 0. The molecule has 0 aliphatic rings. The van der Waals surface area contributed by atoms with Crippen molar-refractivity contribution in [2.45, 2.75) is 0 Å². The normalized spacial score (nSPS) is 11.2. The maximum atomic E-state index is 6.42. The van der Waals surface area contributed by atoms with Gasteiger partial charge in [0.2, 0.25) is 0 Å². The Kier molecular flexibility index (Phi) is 4.43. The fourth-order valence-electron chi connectivity index (χ4n) is 4.41. The van der Waals surface area contributed by atoms with E-state index in [1.165, 1.54) is 16.7 Å². The first-order chi connectivity index (χ1) is 15.8. The smallest absolute Gasteiger partial charge is 0.143 e. The molecule has 0 aliphatic carbocycles. The molecule has 1 nitrogen and oxygen atoms in total. The van der Waals surface area contributed by atoms with Crippen LogP contribution in [0.3, 0.4) is 0 Å². The summed E-state index contributed by atoms with van der Waals surface area (Å²) in [7, 11) is 6.12. The zero-order valence-corrected chi connectivity index (χ0v) is 17.5. The third-order valence-corrected chi connectivity index (χ3v) is 5.98. The lowest BCUT2D eigenvalue weighted by Gasteiger charge is -2.09. The molecule has 0 aliphatic heterocycles. The third-order valence-electron chi connectivity index (χ3n) is 5.98. The highest BCUT2D eigenvalue weighted by Gasteiger charge is 2.16. The Balaban J connectivity index is 1.67. The van der Waals surface area contributed by atoms with Gasteiger partial charge in [-0.2, -0.15) is 0 Å². The number of hydrogen-bond acceptors (Lipinski definition) is 1. The van der Waals surface area contributed by atoms with Crippen LogP contribution in [0.5, 0.6) is 0 Å². The summed E-state index contributed by atoms with van der Waals surface area (Å²) in [5, 5.41) is 2.22. The van der Waals surface area contributed by atoms with Gasteiger partial charge >= 0.3 is 0 Å². The van der Waals surface area contributed by atoms with Crippen molar-refractivity contribution >= 4 is 35.2 Å². The quantitative estimate of drug-likeness (QED) is 0.280.